The molecule has 0 spiro atoms. The summed E-state index contributed by atoms with van der Waals surface area (Å²) in [5, 5.41) is 10.6. The fraction of sp³-hybridized carbons (Fsp3) is 0.948. The first-order valence-electron chi connectivity index (χ1n) is 40.0. The molecule has 0 aliphatic heterocycles. The fourth-order valence-corrected chi connectivity index (χ4v) is 13.4. The Kier molecular flexibility index (Phi) is 67.4. The van der Waals surface area contributed by atoms with Crippen molar-refractivity contribution in [3.05, 3.63) is 0 Å². The molecule has 0 rings (SSSR count). The molecule has 0 heterocycles. The van der Waals surface area contributed by atoms with Crippen LogP contribution < -0.4 is 0 Å². The second-order valence-corrected chi connectivity index (χ2v) is 31.6. The van der Waals surface area contributed by atoms with E-state index in [0.29, 0.717) is 25.7 Å². The van der Waals surface area contributed by atoms with E-state index in [2.05, 4.69) is 41.5 Å². The molecular weight excluding hydrogens is 1260 g/mol. The van der Waals surface area contributed by atoms with Crippen LogP contribution in [0.2, 0.25) is 0 Å². The number of hydrogen-bond acceptors (Lipinski definition) is 15. The van der Waals surface area contributed by atoms with Gasteiger partial charge in [-0.2, -0.15) is 0 Å². The van der Waals surface area contributed by atoms with Crippen LogP contribution in [-0.2, 0) is 65.4 Å². The van der Waals surface area contributed by atoms with Gasteiger partial charge in [0, 0.05) is 25.7 Å². The van der Waals surface area contributed by atoms with Crippen LogP contribution >= 0.6 is 15.6 Å². The minimum Gasteiger partial charge on any atom is -0.462 e. The smallest absolute Gasteiger partial charge is 0.462 e. The predicted molar refractivity (Wildman–Crippen MR) is 391 cm³/mol. The van der Waals surface area contributed by atoms with Gasteiger partial charge in [0.05, 0.1) is 26.4 Å². The summed E-state index contributed by atoms with van der Waals surface area (Å²) in [5.41, 5.74) is 0. The highest BCUT2D eigenvalue weighted by Crippen LogP contribution is 2.45. The summed E-state index contributed by atoms with van der Waals surface area (Å²) in [6, 6.07) is 0. The molecule has 0 aliphatic carbocycles. The van der Waals surface area contributed by atoms with E-state index in [1.165, 1.54) is 218 Å². The molecule has 5 atom stereocenters. The molecule has 0 bridgehead atoms. The summed E-state index contributed by atoms with van der Waals surface area (Å²) in [4.78, 5) is 72.8. The Bertz CT molecular complexity index is 1860. The van der Waals surface area contributed by atoms with Gasteiger partial charge in [-0.3, -0.25) is 37.3 Å². The molecule has 0 aliphatic rings. The molecule has 3 N–H and O–H groups in total. The standard InChI is InChI=1S/C77H150O17P2/c1-7-9-11-13-15-17-19-20-21-22-23-24-25-26-29-37-43-49-55-61-76(81)93-73(66-88-75(80)60-54-48-42-36-30-27-28-33-39-45-51-57-69(3)4)68-92-96(85,86)90-64-71(78)63-89-95(83,84)91-67-72(65-87-74(79)59-53-47-41-35-18-16-14-12-10-8-2)94-77(82)62-56-50-44-38-32-31-34-40-46-52-58-70(5)6/h69-73,78H,7-68H2,1-6H3,(H,83,84)(H,85,86)/t71-,72+,73+/m0/s1. The number of phosphoric acid groups is 2. The lowest BCUT2D eigenvalue weighted by Gasteiger charge is -2.21. The average molecular weight is 1410 g/mol. The number of hydrogen-bond donors (Lipinski definition) is 3. The third-order valence-electron chi connectivity index (χ3n) is 18.0. The molecule has 0 fully saturated rings. The minimum atomic E-state index is -4.96. The largest absolute Gasteiger partial charge is 0.472 e. The normalized spacial score (nSPS) is 14.0. The van der Waals surface area contributed by atoms with E-state index in [9.17, 15) is 43.2 Å². The highest BCUT2D eigenvalue weighted by Gasteiger charge is 2.30. The third kappa shape index (κ3) is 70.5. The van der Waals surface area contributed by atoms with E-state index >= 15 is 0 Å². The van der Waals surface area contributed by atoms with Crippen molar-refractivity contribution >= 4 is 39.5 Å². The van der Waals surface area contributed by atoms with Gasteiger partial charge in [0.15, 0.2) is 12.2 Å². The van der Waals surface area contributed by atoms with Crippen molar-refractivity contribution in [3.8, 4) is 0 Å². The summed E-state index contributed by atoms with van der Waals surface area (Å²) < 4.78 is 68.6. The van der Waals surface area contributed by atoms with E-state index < -0.39 is 97.5 Å². The van der Waals surface area contributed by atoms with Gasteiger partial charge in [0.25, 0.3) is 0 Å². The Hall–Kier alpha value is -1.94. The summed E-state index contributed by atoms with van der Waals surface area (Å²) in [6.07, 6.45) is 56.8. The van der Waals surface area contributed by atoms with Gasteiger partial charge < -0.3 is 33.8 Å². The molecule has 19 heteroatoms. The Morgan fingerprint density at radius 1 is 0.281 bits per heavy atom. The lowest BCUT2D eigenvalue weighted by Crippen LogP contribution is -2.30. The molecular formula is C77H150O17P2. The zero-order valence-electron chi connectivity index (χ0n) is 62.7. The highest BCUT2D eigenvalue weighted by molar-refractivity contribution is 7.47. The number of phosphoric ester groups is 2. The molecule has 96 heavy (non-hydrogen) atoms. The summed E-state index contributed by atoms with van der Waals surface area (Å²) >= 11 is 0. The monoisotopic (exact) mass is 1410 g/mol. The maximum absolute atomic E-state index is 13.1. The molecule has 0 saturated heterocycles. The Balaban J connectivity index is 5.23. The van der Waals surface area contributed by atoms with Crippen molar-refractivity contribution < 1.29 is 80.2 Å². The second kappa shape index (κ2) is 68.8. The number of aliphatic hydroxyl groups is 1. The van der Waals surface area contributed by atoms with Crippen LogP contribution in [0.1, 0.15) is 401 Å². The quantitative estimate of drug-likeness (QED) is 0.0222. The van der Waals surface area contributed by atoms with Crippen LogP contribution in [0.4, 0.5) is 0 Å². The van der Waals surface area contributed by atoms with Crippen molar-refractivity contribution in [1.82, 2.24) is 0 Å². The zero-order valence-corrected chi connectivity index (χ0v) is 64.5. The van der Waals surface area contributed by atoms with Gasteiger partial charge in [-0.25, -0.2) is 9.13 Å². The number of carbonyl (C=O) groups excluding carboxylic acids is 4. The molecule has 570 valence electrons. The number of carbonyl (C=O) groups is 4. The summed E-state index contributed by atoms with van der Waals surface area (Å²) in [5.74, 6) is -0.591. The van der Waals surface area contributed by atoms with Crippen molar-refractivity contribution in [3.63, 3.8) is 0 Å². The van der Waals surface area contributed by atoms with E-state index in [0.717, 1.165) is 102 Å². The molecule has 0 amide bonds. The van der Waals surface area contributed by atoms with Gasteiger partial charge >= 0.3 is 39.5 Å². The molecule has 0 saturated carbocycles. The highest BCUT2D eigenvalue weighted by atomic mass is 31.2. The SMILES string of the molecule is CCCCCCCCCCCCCCCCCCCCCC(=O)O[C@H](COC(=O)CCCCCCCCCCCCCC(C)C)COP(=O)(O)OC[C@@H](O)COP(=O)(O)OC[C@@H](COC(=O)CCCCCCCCCCCC)OC(=O)CCCCCCCCCCCCC(C)C. The Labute approximate surface area is 588 Å². The van der Waals surface area contributed by atoms with Crippen molar-refractivity contribution in [2.75, 3.05) is 39.6 Å². The average Bonchev–Trinajstić information content (AvgIpc) is 1.76. The van der Waals surface area contributed by atoms with Crippen LogP contribution in [0.5, 0.6) is 0 Å². The number of rotatable bonds is 76. The van der Waals surface area contributed by atoms with Crippen LogP contribution in [0.3, 0.4) is 0 Å². The number of aliphatic hydroxyl groups excluding tert-OH is 1. The van der Waals surface area contributed by atoms with Crippen LogP contribution in [0.25, 0.3) is 0 Å². The van der Waals surface area contributed by atoms with Crippen molar-refractivity contribution in [2.45, 2.75) is 419 Å². The van der Waals surface area contributed by atoms with Crippen LogP contribution in [0, 0.1) is 11.8 Å². The third-order valence-corrected chi connectivity index (χ3v) is 19.9. The maximum atomic E-state index is 13.1. The first-order valence-corrected chi connectivity index (χ1v) is 43.0. The van der Waals surface area contributed by atoms with Crippen molar-refractivity contribution in [2.24, 2.45) is 11.8 Å². The van der Waals surface area contributed by atoms with Gasteiger partial charge in [0.1, 0.15) is 19.3 Å². The van der Waals surface area contributed by atoms with E-state index in [1.54, 1.807) is 0 Å². The topological polar surface area (TPSA) is 237 Å². The van der Waals surface area contributed by atoms with Gasteiger partial charge in [-0.05, 0) is 37.5 Å². The van der Waals surface area contributed by atoms with Crippen molar-refractivity contribution in [1.29, 1.82) is 0 Å². The number of ether oxygens (including phenoxy) is 4. The maximum Gasteiger partial charge on any atom is 0.472 e. The van der Waals surface area contributed by atoms with E-state index in [4.69, 9.17) is 37.0 Å². The number of esters is 4. The summed E-state index contributed by atoms with van der Waals surface area (Å²) in [6.45, 7) is 9.59. The first kappa shape index (κ1) is 94.1. The lowest BCUT2D eigenvalue weighted by molar-refractivity contribution is -0.161. The predicted octanol–water partition coefficient (Wildman–Crippen LogP) is 22.7. The van der Waals surface area contributed by atoms with Gasteiger partial charge in [0.2, 0.25) is 0 Å². The molecule has 0 radical (unpaired) electrons. The molecule has 0 aromatic carbocycles. The molecule has 0 aromatic heterocycles. The number of unbranched alkanes of at least 4 members (excludes halogenated alkanes) is 46. The fourth-order valence-electron chi connectivity index (χ4n) is 11.8. The van der Waals surface area contributed by atoms with Gasteiger partial charge in [-0.15, -0.1) is 0 Å². The molecule has 0 aromatic rings. The van der Waals surface area contributed by atoms with E-state index in [-0.39, 0.29) is 25.7 Å². The van der Waals surface area contributed by atoms with Crippen LogP contribution in [-0.4, -0.2) is 96.7 Å². The summed E-state index contributed by atoms with van der Waals surface area (Å²) in [7, 11) is -9.91. The second-order valence-electron chi connectivity index (χ2n) is 28.7. The minimum absolute atomic E-state index is 0.106. The zero-order chi connectivity index (χ0) is 70.7. The molecule has 17 nitrogen and oxygen atoms in total. The molecule has 2 unspecified atom stereocenters. The van der Waals surface area contributed by atoms with Crippen LogP contribution in [0.15, 0.2) is 0 Å². The van der Waals surface area contributed by atoms with E-state index in [1.807, 2.05) is 0 Å². The lowest BCUT2D eigenvalue weighted by atomic mass is 10.0. The Morgan fingerprint density at radius 3 is 0.708 bits per heavy atom. The Morgan fingerprint density at radius 2 is 0.479 bits per heavy atom. The first-order chi connectivity index (χ1) is 46.4. The van der Waals surface area contributed by atoms with Gasteiger partial charge in [-0.1, -0.05) is 350 Å².